The molecule has 0 spiro atoms. The van der Waals surface area contributed by atoms with Gasteiger partial charge in [0, 0.05) is 33.9 Å². The molecule has 2 aliphatic rings. The van der Waals surface area contributed by atoms with Crippen LogP contribution < -0.4 is 4.90 Å². The molecule has 2 unspecified atom stereocenters. The molecule has 2 atom stereocenters. The molecule has 2 heterocycles. The third-order valence-corrected chi connectivity index (χ3v) is 11.2. The molecule has 0 saturated heterocycles. The van der Waals surface area contributed by atoms with Gasteiger partial charge in [0.15, 0.2) is 17.5 Å². The second-order valence-corrected chi connectivity index (χ2v) is 14.6. The monoisotopic (exact) mass is 718 g/mol. The first-order valence-electron chi connectivity index (χ1n) is 19.2. The zero-order valence-electron chi connectivity index (χ0n) is 31.0. The molecule has 1 aliphatic heterocycles. The standard InChI is InChI=1S/C52H38N4/c1-52-35-12-11-22-47(52)46-21-13-20-45(40-18-9-4-10-19-40)48(46)56(52)44-33-31-43(32-34-44)51-54-49(41-27-23-38(24-28-41)36-14-5-2-6-15-36)53-50(55-51)42-29-25-39(26-30-42)37-16-7-3-8-17-37/h2-35,47H,1H3. The Labute approximate surface area is 327 Å². The summed E-state index contributed by atoms with van der Waals surface area (Å²) in [7, 11) is 0. The van der Waals surface area contributed by atoms with Crippen molar-refractivity contribution in [2.24, 2.45) is 0 Å². The predicted octanol–water partition coefficient (Wildman–Crippen LogP) is 13.0. The second-order valence-electron chi connectivity index (χ2n) is 14.6. The molecular weight excluding hydrogens is 681 g/mol. The van der Waals surface area contributed by atoms with E-state index in [4.69, 9.17) is 15.0 Å². The molecule has 0 fully saturated rings. The van der Waals surface area contributed by atoms with Crippen molar-refractivity contribution in [3.63, 3.8) is 0 Å². The molecule has 56 heavy (non-hydrogen) atoms. The van der Waals surface area contributed by atoms with Gasteiger partial charge < -0.3 is 4.90 Å². The van der Waals surface area contributed by atoms with E-state index < -0.39 is 0 Å². The highest BCUT2D eigenvalue weighted by atomic mass is 15.2. The molecule has 7 aromatic carbocycles. The molecule has 0 radical (unpaired) electrons. The first-order chi connectivity index (χ1) is 27.6. The van der Waals surface area contributed by atoms with Crippen LogP contribution in [0.5, 0.6) is 0 Å². The number of allylic oxidation sites excluding steroid dienone is 2. The van der Waals surface area contributed by atoms with Crippen molar-refractivity contribution in [1.82, 2.24) is 15.0 Å². The number of fused-ring (bicyclic) bond motifs is 3. The van der Waals surface area contributed by atoms with E-state index in [1.807, 2.05) is 12.1 Å². The third-order valence-electron chi connectivity index (χ3n) is 11.2. The normalized spacial score (nSPS) is 16.7. The van der Waals surface area contributed by atoms with Gasteiger partial charge in [-0.05, 0) is 64.6 Å². The van der Waals surface area contributed by atoms with Crippen LogP contribution in [0.2, 0.25) is 0 Å². The Morgan fingerprint density at radius 2 is 0.839 bits per heavy atom. The quantitative estimate of drug-likeness (QED) is 0.165. The van der Waals surface area contributed by atoms with Crippen LogP contribution in [0.1, 0.15) is 18.4 Å². The molecule has 4 nitrogen and oxygen atoms in total. The summed E-state index contributed by atoms with van der Waals surface area (Å²) < 4.78 is 0. The molecular formula is C52H38N4. The topological polar surface area (TPSA) is 41.9 Å². The lowest BCUT2D eigenvalue weighted by Crippen LogP contribution is -2.42. The van der Waals surface area contributed by atoms with Crippen LogP contribution in [0.25, 0.3) is 67.5 Å². The van der Waals surface area contributed by atoms with Gasteiger partial charge in [0.25, 0.3) is 0 Å². The van der Waals surface area contributed by atoms with Gasteiger partial charge in [-0.15, -0.1) is 0 Å². The summed E-state index contributed by atoms with van der Waals surface area (Å²) >= 11 is 0. The Morgan fingerprint density at radius 3 is 1.34 bits per heavy atom. The fraction of sp³-hybridized carbons (Fsp3) is 0.0577. The van der Waals surface area contributed by atoms with E-state index in [0.717, 1.165) is 33.5 Å². The Bertz CT molecular complexity index is 2620. The molecule has 0 amide bonds. The van der Waals surface area contributed by atoms with Crippen molar-refractivity contribution in [1.29, 1.82) is 0 Å². The molecule has 10 rings (SSSR count). The van der Waals surface area contributed by atoms with E-state index in [1.54, 1.807) is 0 Å². The highest BCUT2D eigenvalue weighted by Crippen LogP contribution is 2.56. The van der Waals surface area contributed by atoms with E-state index in [2.05, 4.69) is 206 Å². The van der Waals surface area contributed by atoms with Crippen LogP contribution in [0.15, 0.2) is 206 Å². The molecule has 266 valence electrons. The fourth-order valence-electron chi connectivity index (χ4n) is 8.32. The number of hydrogen-bond donors (Lipinski definition) is 0. The summed E-state index contributed by atoms with van der Waals surface area (Å²) in [5.41, 5.74) is 13.3. The Balaban J connectivity index is 1.06. The van der Waals surface area contributed by atoms with Gasteiger partial charge in [0.2, 0.25) is 0 Å². The number of hydrogen-bond acceptors (Lipinski definition) is 4. The van der Waals surface area contributed by atoms with E-state index in [0.29, 0.717) is 17.5 Å². The van der Waals surface area contributed by atoms with Crippen LogP contribution in [-0.4, -0.2) is 20.5 Å². The van der Waals surface area contributed by atoms with E-state index in [9.17, 15) is 0 Å². The van der Waals surface area contributed by atoms with Gasteiger partial charge in [0.1, 0.15) is 0 Å². The lowest BCUT2D eigenvalue weighted by atomic mass is 9.80. The molecule has 4 heteroatoms. The second kappa shape index (κ2) is 13.9. The average Bonchev–Trinajstić information content (AvgIpc) is 3.55. The van der Waals surface area contributed by atoms with Gasteiger partial charge in [0.05, 0.1) is 11.2 Å². The maximum absolute atomic E-state index is 5.11. The smallest absolute Gasteiger partial charge is 0.164 e. The maximum atomic E-state index is 5.11. The molecule has 0 saturated carbocycles. The number of rotatable bonds is 7. The van der Waals surface area contributed by atoms with Crippen LogP contribution in [0.4, 0.5) is 11.4 Å². The van der Waals surface area contributed by atoms with Gasteiger partial charge in [-0.2, -0.15) is 0 Å². The Morgan fingerprint density at radius 1 is 0.411 bits per heavy atom. The highest BCUT2D eigenvalue weighted by molar-refractivity contribution is 5.90. The lowest BCUT2D eigenvalue weighted by Gasteiger charge is -2.39. The molecule has 0 N–H and O–H groups in total. The van der Waals surface area contributed by atoms with E-state index >= 15 is 0 Å². The molecule has 1 aromatic heterocycles. The minimum atomic E-state index is -0.269. The Hall–Kier alpha value is -7.17. The van der Waals surface area contributed by atoms with Crippen molar-refractivity contribution in [3.05, 3.63) is 212 Å². The fourth-order valence-corrected chi connectivity index (χ4v) is 8.32. The largest absolute Gasteiger partial charge is 0.330 e. The van der Waals surface area contributed by atoms with Gasteiger partial charge >= 0.3 is 0 Å². The Kier molecular flexibility index (Phi) is 8.30. The zero-order valence-corrected chi connectivity index (χ0v) is 31.0. The van der Waals surface area contributed by atoms with Crippen molar-refractivity contribution >= 4 is 11.4 Å². The van der Waals surface area contributed by atoms with E-state index in [1.165, 1.54) is 33.5 Å². The first-order valence-corrected chi connectivity index (χ1v) is 19.2. The average molecular weight is 719 g/mol. The first kappa shape index (κ1) is 33.4. The minimum absolute atomic E-state index is 0.223. The number of anilines is 2. The van der Waals surface area contributed by atoms with Crippen LogP contribution in [-0.2, 0) is 0 Å². The third kappa shape index (κ3) is 5.93. The summed E-state index contributed by atoms with van der Waals surface area (Å²) in [5, 5.41) is 0. The number of benzene rings is 7. The minimum Gasteiger partial charge on any atom is -0.330 e. The molecule has 8 aromatic rings. The van der Waals surface area contributed by atoms with Crippen LogP contribution in [0.3, 0.4) is 0 Å². The zero-order chi connectivity index (χ0) is 37.5. The highest BCUT2D eigenvalue weighted by Gasteiger charge is 2.48. The van der Waals surface area contributed by atoms with Crippen LogP contribution in [0, 0.1) is 0 Å². The number of para-hydroxylation sites is 1. The lowest BCUT2D eigenvalue weighted by molar-refractivity contribution is 0.542. The SMILES string of the molecule is CC12C=CC=CC1c1cccc(-c3ccccc3)c1N2c1ccc(-c2nc(-c3ccc(-c4ccccc4)cc3)nc(-c3ccc(-c4ccccc4)cc3)n2)cc1. The summed E-state index contributed by atoms with van der Waals surface area (Å²) in [6, 6.07) is 64.0. The van der Waals surface area contributed by atoms with Crippen molar-refractivity contribution in [2.75, 3.05) is 4.90 Å². The summed E-state index contributed by atoms with van der Waals surface area (Å²) in [4.78, 5) is 17.8. The molecule has 0 bridgehead atoms. The van der Waals surface area contributed by atoms with Crippen molar-refractivity contribution in [2.45, 2.75) is 18.4 Å². The summed E-state index contributed by atoms with van der Waals surface area (Å²) in [6.45, 7) is 2.34. The van der Waals surface area contributed by atoms with Crippen LogP contribution >= 0.6 is 0 Å². The van der Waals surface area contributed by atoms with Crippen molar-refractivity contribution < 1.29 is 0 Å². The number of aromatic nitrogens is 3. The van der Waals surface area contributed by atoms with E-state index in [-0.39, 0.29) is 11.5 Å². The van der Waals surface area contributed by atoms with Gasteiger partial charge in [-0.3, -0.25) is 0 Å². The maximum Gasteiger partial charge on any atom is 0.164 e. The van der Waals surface area contributed by atoms with Crippen molar-refractivity contribution in [3.8, 4) is 67.5 Å². The summed E-state index contributed by atoms with van der Waals surface area (Å²) in [6.07, 6.45) is 9.04. The molecule has 1 aliphatic carbocycles. The van der Waals surface area contributed by atoms with Gasteiger partial charge in [-0.25, -0.2) is 15.0 Å². The van der Waals surface area contributed by atoms with Gasteiger partial charge in [-0.1, -0.05) is 182 Å². The predicted molar refractivity (Wildman–Crippen MR) is 230 cm³/mol. The summed E-state index contributed by atoms with van der Waals surface area (Å²) in [5.74, 6) is 2.13. The number of nitrogens with zero attached hydrogens (tertiary/aromatic N) is 4.